The lowest BCUT2D eigenvalue weighted by atomic mass is 9.90. The zero-order valence-electron chi connectivity index (χ0n) is 12.7. The number of thiophene rings is 1. The largest absolute Gasteiger partial charge is 0.508 e. The maximum absolute atomic E-state index is 10.1. The molecular formula is C17H22BrNOS. The van der Waals surface area contributed by atoms with Crippen molar-refractivity contribution in [2.45, 2.75) is 38.6 Å². The first-order valence-corrected chi connectivity index (χ1v) is 8.87. The number of benzene rings is 1. The highest BCUT2D eigenvalue weighted by atomic mass is 79.9. The maximum Gasteiger partial charge on any atom is 0.120 e. The van der Waals surface area contributed by atoms with Crippen LogP contribution >= 0.6 is 27.3 Å². The molecule has 4 heteroatoms. The van der Waals surface area contributed by atoms with Crippen molar-refractivity contribution in [2.75, 3.05) is 6.54 Å². The van der Waals surface area contributed by atoms with Gasteiger partial charge in [0, 0.05) is 32.9 Å². The number of phenolic OH excluding ortho intramolecular Hbond substituents is 1. The lowest BCUT2D eigenvalue weighted by Crippen LogP contribution is -2.34. The van der Waals surface area contributed by atoms with Crippen LogP contribution < -0.4 is 5.32 Å². The number of hydrogen-bond donors (Lipinski definition) is 2. The van der Waals surface area contributed by atoms with Crippen LogP contribution in [0.1, 0.15) is 43.7 Å². The van der Waals surface area contributed by atoms with Gasteiger partial charge in [0.2, 0.25) is 0 Å². The zero-order valence-corrected chi connectivity index (χ0v) is 15.1. The predicted molar refractivity (Wildman–Crippen MR) is 94.2 cm³/mol. The van der Waals surface area contributed by atoms with Crippen LogP contribution in [0.15, 0.2) is 40.2 Å². The molecule has 0 radical (unpaired) electrons. The molecule has 2 rings (SSSR count). The van der Waals surface area contributed by atoms with Crippen LogP contribution in [0.2, 0.25) is 0 Å². The van der Waals surface area contributed by atoms with Crippen LogP contribution in [0, 0.1) is 0 Å². The van der Waals surface area contributed by atoms with Crippen LogP contribution in [0.5, 0.6) is 5.75 Å². The Balaban J connectivity index is 2.11. The van der Waals surface area contributed by atoms with E-state index in [1.807, 2.05) is 12.1 Å². The van der Waals surface area contributed by atoms with Gasteiger partial charge in [-0.3, -0.25) is 0 Å². The summed E-state index contributed by atoms with van der Waals surface area (Å²) in [5, 5.41) is 15.8. The SMILES string of the molecule is CCC(NCC(C)(C)c1cccs1)c1cc(Br)ccc1O. The Labute approximate surface area is 139 Å². The zero-order chi connectivity index (χ0) is 15.5. The van der Waals surface area contributed by atoms with Gasteiger partial charge in [-0.05, 0) is 36.1 Å². The average Bonchev–Trinajstić information content (AvgIpc) is 2.98. The Bertz CT molecular complexity index is 580. The van der Waals surface area contributed by atoms with Crippen molar-refractivity contribution < 1.29 is 5.11 Å². The van der Waals surface area contributed by atoms with Crippen LogP contribution in [-0.2, 0) is 5.41 Å². The molecule has 1 atom stereocenters. The van der Waals surface area contributed by atoms with E-state index in [1.165, 1.54) is 4.88 Å². The van der Waals surface area contributed by atoms with Crippen LogP contribution in [0.3, 0.4) is 0 Å². The van der Waals surface area contributed by atoms with Gasteiger partial charge in [0.1, 0.15) is 5.75 Å². The number of rotatable bonds is 6. The molecule has 2 aromatic rings. The fourth-order valence-electron chi connectivity index (χ4n) is 2.41. The molecule has 0 aliphatic carbocycles. The summed E-state index contributed by atoms with van der Waals surface area (Å²) in [4.78, 5) is 1.38. The van der Waals surface area contributed by atoms with Crippen molar-refractivity contribution in [3.05, 3.63) is 50.6 Å². The van der Waals surface area contributed by atoms with Crippen LogP contribution in [0.4, 0.5) is 0 Å². The summed E-state index contributed by atoms with van der Waals surface area (Å²) in [5.41, 5.74) is 1.04. The lowest BCUT2D eigenvalue weighted by Gasteiger charge is -2.28. The van der Waals surface area contributed by atoms with Crippen molar-refractivity contribution in [1.82, 2.24) is 5.32 Å². The fraction of sp³-hybridized carbons (Fsp3) is 0.412. The number of phenols is 1. The summed E-state index contributed by atoms with van der Waals surface area (Å²) in [6.45, 7) is 7.51. The molecule has 1 heterocycles. The first-order chi connectivity index (χ1) is 9.94. The van der Waals surface area contributed by atoms with Gasteiger partial charge in [0.05, 0.1) is 0 Å². The van der Waals surface area contributed by atoms with Crippen LogP contribution in [-0.4, -0.2) is 11.7 Å². The van der Waals surface area contributed by atoms with E-state index in [2.05, 4.69) is 59.5 Å². The number of nitrogens with one attached hydrogen (secondary N) is 1. The van der Waals surface area contributed by atoms with E-state index >= 15 is 0 Å². The number of halogens is 1. The molecule has 1 unspecified atom stereocenters. The molecule has 0 bridgehead atoms. The molecule has 114 valence electrons. The van der Waals surface area contributed by atoms with Crippen molar-refractivity contribution in [3.63, 3.8) is 0 Å². The van der Waals surface area contributed by atoms with E-state index in [4.69, 9.17) is 0 Å². The molecule has 0 saturated heterocycles. The summed E-state index contributed by atoms with van der Waals surface area (Å²) < 4.78 is 0.994. The minimum absolute atomic E-state index is 0.0865. The smallest absolute Gasteiger partial charge is 0.120 e. The summed E-state index contributed by atoms with van der Waals surface area (Å²) in [6.07, 6.45) is 0.935. The van der Waals surface area contributed by atoms with Gasteiger partial charge in [0.25, 0.3) is 0 Å². The minimum Gasteiger partial charge on any atom is -0.508 e. The summed E-state index contributed by atoms with van der Waals surface area (Å²) in [6, 6.07) is 10.0. The second-order valence-electron chi connectivity index (χ2n) is 5.91. The van der Waals surface area contributed by atoms with Gasteiger partial charge in [-0.25, -0.2) is 0 Å². The second kappa shape index (κ2) is 6.95. The molecular weight excluding hydrogens is 346 g/mol. The Kier molecular flexibility index (Phi) is 5.47. The molecule has 2 N–H and O–H groups in total. The Morgan fingerprint density at radius 2 is 2.10 bits per heavy atom. The molecule has 0 aliphatic rings. The van der Waals surface area contributed by atoms with Gasteiger partial charge in [-0.15, -0.1) is 11.3 Å². The Morgan fingerprint density at radius 1 is 1.33 bits per heavy atom. The summed E-state index contributed by atoms with van der Waals surface area (Å²) >= 11 is 5.27. The molecule has 0 saturated carbocycles. The summed E-state index contributed by atoms with van der Waals surface area (Å²) in [7, 11) is 0. The van der Waals surface area contributed by atoms with Gasteiger partial charge in [-0.2, -0.15) is 0 Å². The molecule has 0 amide bonds. The van der Waals surface area contributed by atoms with Crippen molar-refractivity contribution in [3.8, 4) is 5.75 Å². The summed E-state index contributed by atoms with van der Waals surface area (Å²) in [5.74, 6) is 0.353. The molecule has 1 aromatic heterocycles. The molecule has 0 aliphatic heterocycles. The van der Waals surface area contributed by atoms with Crippen LogP contribution in [0.25, 0.3) is 0 Å². The van der Waals surface area contributed by atoms with Crippen molar-refractivity contribution in [1.29, 1.82) is 0 Å². The Morgan fingerprint density at radius 3 is 2.71 bits per heavy atom. The third-order valence-corrected chi connectivity index (χ3v) is 5.48. The van der Waals surface area contributed by atoms with Gasteiger partial charge >= 0.3 is 0 Å². The standard InChI is InChI=1S/C17H22BrNOS/c1-4-14(13-10-12(18)7-8-15(13)20)19-11-17(2,3)16-6-5-9-21-16/h5-10,14,19-20H,4,11H2,1-3H3. The topological polar surface area (TPSA) is 32.3 Å². The Hall–Kier alpha value is -0.840. The predicted octanol–water partition coefficient (Wildman–Crippen LogP) is 5.23. The molecule has 0 fully saturated rings. The first kappa shape index (κ1) is 16.5. The van der Waals surface area contributed by atoms with Crippen molar-refractivity contribution in [2.24, 2.45) is 0 Å². The lowest BCUT2D eigenvalue weighted by molar-refractivity contribution is 0.403. The molecule has 0 spiro atoms. The first-order valence-electron chi connectivity index (χ1n) is 7.20. The monoisotopic (exact) mass is 367 g/mol. The molecule has 1 aromatic carbocycles. The fourth-order valence-corrected chi connectivity index (χ4v) is 3.64. The quantitative estimate of drug-likeness (QED) is 0.731. The van der Waals surface area contributed by atoms with E-state index in [-0.39, 0.29) is 11.5 Å². The van der Waals surface area contributed by atoms with Gasteiger partial charge in [0.15, 0.2) is 0 Å². The minimum atomic E-state index is 0.0865. The number of aromatic hydroxyl groups is 1. The van der Waals surface area contributed by atoms with E-state index in [1.54, 1.807) is 17.4 Å². The highest BCUT2D eigenvalue weighted by Crippen LogP contribution is 2.31. The third-order valence-electron chi connectivity index (χ3n) is 3.75. The third kappa shape index (κ3) is 4.09. The highest BCUT2D eigenvalue weighted by Gasteiger charge is 2.23. The van der Waals surface area contributed by atoms with Gasteiger partial charge < -0.3 is 10.4 Å². The van der Waals surface area contributed by atoms with E-state index < -0.39 is 0 Å². The van der Waals surface area contributed by atoms with E-state index in [0.29, 0.717) is 5.75 Å². The second-order valence-corrected chi connectivity index (χ2v) is 7.77. The highest BCUT2D eigenvalue weighted by molar-refractivity contribution is 9.10. The number of hydrogen-bond acceptors (Lipinski definition) is 3. The molecule has 2 nitrogen and oxygen atoms in total. The average molecular weight is 368 g/mol. The van der Waals surface area contributed by atoms with E-state index in [9.17, 15) is 5.11 Å². The normalized spacial score (nSPS) is 13.3. The molecule has 21 heavy (non-hydrogen) atoms. The van der Waals surface area contributed by atoms with Crippen molar-refractivity contribution >= 4 is 27.3 Å². The maximum atomic E-state index is 10.1. The van der Waals surface area contributed by atoms with E-state index in [0.717, 1.165) is 23.0 Å². The van der Waals surface area contributed by atoms with Gasteiger partial charge in [-0.1, -0.05) is 42.8 Å².